The zero-order valence-electron chi connectivity index (χ0n) is 10.8. The van der Waals surface area contributed by atoms with Crippen LogP contribution in [0.1, 0.15) is 15.3 Å². The highest BCUT2D eigenvalue weighted by molar-refractivity contribution is 7.89. The topological polar surface area (TPSA) is 96.0 Å². The van der Waals surface area contributed by atoms with E-state index in [1.165, 1.54) is 17.0 Å². The Balaban J connectivity index is 2.22. The molecule has 5 nitrogen and oxygen atoms in total. The van der Waals surface area contributed by atoms with E-state index in [9.17, 15) is 8.42 Å². The fourth-order valence-electron chi connectivity index (χ4n) is 1.71. The average molecular weight is 307 g/mol. The maximum absolute atomic E-state index is 11.2. The van der Waals surface area contributed by atoms with E-state index in [4.69, 9.17) is 10.4 Å². The number of hydrogen-bond donors (Lipinski definition) is 2. The first-order valence-electron chi connectivity index (χ1n) is 5.76. The van der Waals surface area contributed by atoms with Gasteiger partial charge in [-0.3, -0.25) is 0 Å². The summed E-state index contributed by atoms with van der Waals surface area (Å²) in [5.74, 6) is 0. The third-order valence-corrected chi connectivity index (χ3v) is 4.60. The first-order valence-corrected chi connectivity index (χ1v) is 8.12. The summed E-state index contributed by atoms with van der Waals surface area (Å²) < 4.78 is 22.5. The molecule has 0 aliphatic carbocycles. The van der Waals surface area contributed by atoms with Gasteiger partial charge in [0.25, 0.3) is 0 Å². The molecular weight excluding hydrogens is 294 g/mol. The molecule has 1 aromatic heterocycles. The molecule has 20 heavy (non-hydrogen) atoms. The van der Waals surface area contributed by atoms with Crippen LogP contribution in [0.5, 0.6) is 0 Å². The van der Waals surface area contributed by atoms with Crippen molar-refractivity contribution in [2.75, 3.05) is 5.32 Å². The molecule has 0 bridgehead atoms. The minimum atomic E-state index is -3.79. The zero-order chi connectivity index (χ0) is 14.8. The van der Waals surface area contributed by atoms with Crippen molar-refractivity contribution in [2.45, 2.75) is 18.4 Å². The van der Waals surface area contributed by atoms with Gasteiger partial charge >= 0.3 is 0 Å². The highest BCUT2D eigenvalue weighted by Crippen LogP contribution is 2.21. The number of anilines is 1. The molecular formula is C13H13N3O2S2. The van der Waals surface area contributed by atoms with E-state index < -0.39 is 10.0 Å². The molecule has 7 heteroatoms. The number of benzene rings is 1. The quantitative estimate of drug-likeness (QED) is 0.905. The fourth-order valence-corrected chi connectivity index (χ4v) is 3.08. The second-order valence-electron chi connectivity index (χ2n) is 4.23. The van der Waals surface area contributed by atoms with Crippen LogP contribution in [0.25, 0.3) is 0 Å². The monoisotopic (exact) mass is 307 g/mol. The largest absolute Gasteiger partial charge is 0.379 e. The van der Waals surface area contributed by atoms with Crippen LogP contribution in [0.4, 0.5) is 5.69 Å². The van der Waals surface area contributed by atoms with Crippen molar-refractivity contribution in [3.63, 3.8) is 0 Å². The van der Waals surface area contributed by atoms with E-state index in [1.54, 1.807) is 17.4 Å². The number of rotatable bonds is 4. The highest BCUT2D eigenvalue weighted by Gasteiger charge is 2.11. The predicted molar refractivity (Wildman–Crippen MR) is 78.9 cm³/mol. The van der Waals surface area contributed by atoms with E-state index >= 15 is 0 Å². The molecule has 104 valence electrons. The van der Waals surface area contributed by atoms with E-state index in [1.807, 2.05) is 25.1 Å². The standard InChI is InChI=1S/C13H13N3O2S2/c1-9-2-3-11(19-9)8-16-13-5-4-12(20(15,17)18)6-10(13)7-14/h2-6,16H,8H2,1H3,(H2,15,17,18). The fraction of sp³-hybridized carbons (Fsp3) is 0.154. The minimum absolute atomic E-state index is 0.0634. The summed E-state index contributed by atoms with van der Waals surface area (Å²) in [6.45, 7) is 2.61. The van der Waals surface area contributed by atoms with Crippen LogP contribution in [0.3, 0.4) is 0 Å². The Hall–Kier alpha value is -1.88. The average Bonchev–Trinajstić information content (AvgIpc) is 2.81. The van der Waals surface area contributed by atoms with Crippen LogP contribution >= 0.6 is 11.3 Å². The van der Waals surface area contributed by atoms with Gasteiger partial charge in [-0.2, -0.15) is 5.26 Å². The van der Waals surface area contributed by atoms with Crippen molar-refractivity contribution in [1.29, 1.82) is 5.26 Å². The number of nitrogens with zero attached hydrogens (tertiary/aromatic N) is 1. The van der Waals surface area contributed by atoms with Crippen LogP contribution in [0, 0.1) is 18.3 Å². The smallest absolute Gasteiger partial charge is 0.238 e. The molecule has 0 saturated carbocycles. The summed E-state index contributed by atoms with van der Waals surface area (Å²) in [5.41, 5.74) is 0.843. The number of hydrogen-bond acceptors (Lipinski definition) is 5. The zero-order valence-corrected chi connectivity index (χ0v) is 12.4. The Kier molecular flexibility index (Phi) is 4.09. The number of nitriles is 1. The molecule has 1 aromatic carbocycles. The maximum atomic E-state index is 11.2. The van der Waals surface area contributed by atoms with Crippen LogP contribution in [0.15, 0.2) is 35.2 Å². The Labute approximate surface area is 121 Å². The number of nitrogens with two attached hydrogens (primary N) is 1. The van der Waals surface area contributed by atoms with Crippen LogP contribution < -0.4 is 10.5 Å². The third-order valence-electron chi connectivity index (χ3n) is 2.69. The van der Waals surface area contributed by atoms with Crippen molar-refractivity contribution in [3.8, 4) is 6.07 Å². The maximum Gasteiger partial charge on any atom is 0.238 e. The van der Waals surface area contributed by atoms with Crippen LogP contribution in [0.2, 0.25) is 0 Å². The Morgan fingerprint density at radius 3 is 2.65 bits per heavy atom. The lowest BCUT2D eigenvalue weighted by molar-refractivity contribution is 0.598. The summed E-state index contributed by atoms with van der Waals surface area (Å²) in [5, 5.41) is 17.3. The number of aryl methyl sites for hydroxylation is 1. The van der Waals surface area contributed by atoms with Gasteiger partial charge in [0.05, 0.1) is 16.1 Å². The van der Waals surface area contributed by atoms with Crippen molar-refractivity contribution in [1.82, 2.24) is 0 Å². The summed E-state index contributed by atoms with van der Waals surface area (Å²) in [6, 6.07) is 10.2. The molecule has 0 radical (unpaired) electrons. The molecule has 0 aliphatic rings. The lowest BCUT2D eigenvalue weighted by Gasteiger charge is -2.08. The minimum Gasteiger partial charge on any atom is -0.379 e. The molecule has 2 rings (SSSR count). The Morgan fingerprint density at radius 2 is 2.10 bits per heavy atom. The Bertz CT molecular complexity index is 773. The van der Waals surface area contributed by atoms with Crippen molar-refractivity contribution >= 4 is 27.0 Å². The van der Waals surface area contributed by atoms with Crippen molar-refractivity contribution in [2.24, 2.45) is 5.14 Å². The summed E-state index contributed by atoms with van der Waals surface area (Å²) >= 11 is 1.67. The van der Waals surface area contributed by atoms with E-state index in [2.05, 4.69) is 5.32 Å². The number of sulfonamides is 1. The van der Waals surface area contributed by atoms with E-state index in [0.29, 0.717) is 12.2 Å². The normalized spacial score (nSPS) is 11.1. The second-order valence-corrected chi connectivity index (χ2v) is 7.16. The second kappa shape index (κ2) is 5.63. The molecule has 0 fully saturated rings. The SMILES string of the molecule is Cc1ccc(CNc2ccc(S(N)(=O)=O)cc2C#N)s1. The summed E-state index contributed by atoms with van der Waals surface area (Å²) in [4.78, 5) is 2.29. The molecule has 0 atom stereocenters. The molecule has 0 aliphatic heterocycles. The van der Waals surface area contributed by atoms with Crippen LogP contribution in [-0.2, 0) is 16.6 Å². The lowest BCUT2D eigenvalue weighted by atomic mass is 10.2. The van der Waals surface area contributed by atoms with Gasteiger partial charge in [-0.25, -0.2) is 13.6 Å². The Morgan fingerprint density at radius 1 is 1.35 bits per heavy atom. The first-order chi connectivity index (χ1) is 9.40. The molecule has 3 N–H and O–H groups in total. The molecule has 1 heterocycles. The van der Waals surface area contributed by atoms with Gasteiger partial charge in [0.1, 0.15) is 6.07 Å². The number of thiophene rings is 1. The molecule has 2 aromatic rings. The van der Waals surface area contributed by atoms with Gasteiger partial charge < -0.3 is 5.32 Å². The molecule has 0 spiro atoms. The van der Waals surface area contributed by atoms with Gasteiger partial charge in [0, 0.05) is 16.3 Å². The lowest BCUT2D eigenvalue weighted by Crippen LogP contribution is -2.12. The van der Waals surface area contributed by atoms with E-state index in [0.717, 1.165) is 4.88 Å². The predicted octanol–water partition coefficient (Wildman–Crippen LogP) is 2.19. The van der Waals surface area contributed by atoms with Crippen LogP contribution in [-0.4, -0.2) is 8.42 Å². The van der Waals surface area contributed by atoms with Crippen molar-refractivity contribution in [3.05, 3.63) is 45.6 Å². The molecule has 0 unspecified atom stereocenters. The van der Waals surface area contributed by atoms with Gasteiger partial charge in [-0.1, -0.05) is 0 Å². The highest BCUT2D eigenvalue weighted by atomic mass is 32.2. The van der Waals surface area contributed by atoms with Gasteiger partial charge in [-0.15, -0.1) is 11.3 Å². The van der Waals surface area contributed by atoms with E-state index in [-0.39, 0.29) is 10.5 Å². The van der Waals surface area contributed by atoms with Gasteiger partial charge in [-0.05, 0) is 37.3 Å². The molecule has 0 saturated heterocycles. The van der Waals surface area contributed by atoms with Gasteiger partial charge in [0.15, 0.2) is 0 Å². The number of nitrogens with one attached hydrogen (secondary N) is 1. The van der Waals surface area contributed by atoms with Crippen molar-refractivity contribution < 1.29 is 8.42 Å². The third kappa shape index (κ3) is 3.36. The van der Waals surface area contributed by atoms with Gasteiger partial charge in [0.2, 0.25) is 10.0 Å². The molecule has 0 amide bonds. The first kappa shape index (κ1) is 14.5. The summed E-state index contributed by atoms with van der Waals surface area (Å²) in [7, 11) is -3.79. The summed E-state index contributed by atoms with van der Waals surface area (Å²) in [6.07, 6.45) is 0. The number of primary sulfonamides is 1.